The highest BCUT2D eigenvalue weighted by atomic mass is 79.9. The highest BCUT2D eigenvalue weighted by Crippen LogP contribution is 2.31. The molecule has 0 heterocycles. The first kappa shape index (κ1) is 20.3. The average Bonchev–Trinajstić information content (AvgIpc) is 2.70. The minimum Gasteiger partial charge on any atom is -0.489 e. The molecular formula is C21H14BrClF2O3. The van der Waals surface area contributed by atoms with Crippen molar-refractivity contribution in [3.63, 3.8) is 0 Å². The first-order chi connectivity index (χ1) is 13.4. The minimum atomic E-state index is -0.992. The first-order valence-electron chi connectivity index (χ1n) is 8.14. The van der Waals surface area contributed by atoms with Gasteiger partial charge >= 0.3 is 5.97 Å². The number of benzene rings is 3. The van der Waals surface area contributed by atoms with Gasteiger partial charge in [-0.05, 0) is 51.8 Å². The molecule has 0 aliphatic rings. The molecule has 0 spiro atoms. The number of rotatable bonds is 5. The van der Waals surface area contributed by atoms with Crippen LogP contribution in [-0.2, 0) is 11.3 Å². The lowest BCUT2D eigenvalue weighted by molar-refractivity contribution is 0.0599. The molecule has 0 bridgehead atoms. The molecule has 3 aromatic rings. The normalized spacial score (nSPS) is 10.6. The van der Waals surface area contributed by atoms with Crippen molar-refractivity contribution in [2.75, 3.05) is 7.11 Å². The van der Waals surface area contributed by atoms with Crippen LogP contribution >= 0.6 is 27.5 Å². The monoisotopic (exact) mass is 466 g/mol. The lowest BCUT2D eigenvalue weighted by Gasteiger charge is -2.11. The second kappa shape index (κ2) is 8.71. The minimum absolute atomic E-state index is 0.121. The summed E-state index contributed by atoms with van der Waals surface area (Å²) >= 11 is 9.40. The van der Waals surface area contributed by atoms with Gasteiger partial charge in [0, 0.05) is 15.6 Å². The van der Waals surface area contributed by atoms with E-state index < -0.39 is 17.6 Å². The Hall–Kier alpha value is -2.44. The van der Waals surface area contributed by atoms with Gasteiger partial charge in [0.25, 0.3) is 0 Å². The molecule has 7 heteroatoms. The van der Waals surface area contributed by atoms with Crippen molar-refractivity contribution in [1.82, 2.24) is 0 Å². The zero-order valence-corrected chi connectivity index (χ0v) is 17.0. The van der Waals surface area contributed by atoms with Crippen molar-refractivity contribution in [2.45, 2.75) is 6.61 Å². The molecule has 3 rings (SSSR count). The van der Waals surface area contributed by atoms with Crippen LogP contribution in [0.25, 0.3) is 11.1 Å². The highest BCUT2D eigenvalue weighted by molar-refractivity contribution is 9.10. The molecule has 0 aliphatic heterocycles. The fraction of sp³-hybridized carbons (Fsp3) is 0.0952. The van der Waals surface area contributed by atoms with Gasteiger partial charge in [-0.1, -0.05) is 35.9 Å². The summed E-state index contributed by atoms with van der Waals surface area (Å²) in [5.41, 5.74) is 2.20. The topological polar surface area (TPSA) is 35.5 Å². The molecular weight excluding hydrogens is 454 g/mol. The quantitative estimate of drug-likeness (QED) is 0.321. The summed E-state index contributed by atoms with van der Waals surface area (Å²) in [4.78, 5) is 11.8. The van der Waals surface area contributed by atoms with Gasteiger partial charge in [-0.15, -0.1) is 0 Å². The van der Waals surface area contributed by atoms with E-state index in [0.29, 0.717) is 26.9 Å². The Kier molecular flexibility index (Phi) is 6.31. The van der Waals surface area contributed by atoms with Crippen molar-refractivity contribution in [3.05, 3.63) is 86.9 Å². The zero-order valence-electron chi connectivity index (χ0n) is 14.6. The molecule has 144 valence electrons. The van der Waals surface area contributed by atoms with Crippen LogP contribution in [0.4, 0.5) is 8.78 Å². The second-order valence-corrected chi connectivity index (χ2v) is 7.03. The second-order valence-electron chi connectivity index (χ2n) is 5.83. The summed E-state index contributed by atoms with van der Waals surface area (Å²) in [7, 11) is 1.32. The fourth-order valence-corrected chi connectivity index (χ4v) is 3.39. The van der Waals surface area contributed by atoms with E-state index >= 15 is 0 Å². The van der Waals surface area contributed by atoms with E-state index in [-0.39, 0.29) is 11.6 Å². The number of esters is 1. The summed E-state index contributed by atoms with van der Waals surface area (Å²) in [6, 6.07) is 14.0. The van der Waals surface area contributed by atoms with Gasteiger partial charge in [0.1, 0.15) is 12.4 Å². The molecule has 0 saturated heterocycles. The average molecular weight is 468 g/mol. The third-order valence-corrected chi connectivity index (χ3v) is 5.30. The van der Waals surface area contributed by atoms with Crippen LogP contribution in [0.1, 0.15) is 15.9 Å². The maximum atomic E-state index is 13.5. The first-order valence-corrected chi connectivity index (χ1v) is 9.31. The molecule has 0 aromatic heterocycles. The van der Waals surface area contributed by atoms with Crippen molar-refractivity contribution < 1.29 is 23.0 Å². The maximum absolute atomic E-state index is 13.5. The zero-order chi connectivity index (χ0) is 20.3. The summed E-state index contributed by atoms with van der Waals surface area (Å²) in [5.74, 6) is -1.83. The Balaban J connectivity index is 1.76. The Morgan fingerprint density at radius 2 is 1.75 bits per heavy atom. The maximum Gasteiger partial charge on any atom is 0.339 e. The van der Waals surface area contributed by atoms with Gasteiger partial charge in [0.05, 0.1) is 17.7 Å². The molecule has 0 atom stereocenters. The third-order valence-electron chi connectivity index (χ3n) is 4.05. The van der Waals surface area contributed by atoms with E-state index in [9.17, 15) is 13.6 Å². The van der Waals surface area contributed by atoms with E-state index in [1.165, 1.54) is 7.11 Å². The van der Waals surface area contributed by atoms with Crippen LogP contribution < -0.4 is 4.74 Å². The van der Waals surface area contributed by atoms with E-state index in [4.69, 9.17) is 21.1 Å². The fourth-order valence-electron chi connectivity index (χ4n) is 2.59. The molecule has 0 saturated carbocycles. The molecule has 3 nitrogen and oxygen atoms in total. The Morgan fingerprint density at radius 3 is 2.43 bits per heavy atom. The number of carbonyl (C=O) groups excluding carboxylic acids is 1. The van der Waals surface area contributed by atoms with Crippen LogP contribution in [0.5, 0.6) is 5.75 Å². The lowest BCUT2D eigenvalue weighted by atomic mass is 10.1. The molecule has 0 amide bonds. The van der Waals surface area contributed by atoms with Crippen molar-refractivity contribution >= 4 is 33.5 Å². The van der Waals surface area contributed by atoms with Crippen LogP contribution in [-0.4, -0.2) is 13.1 Å². The van der Waals surface area contributed by atoms with Gasteiger partial charge < -0.3 is 9.47 Å². The van der Waals surface area contributed by atoms with Gasteiger partial charge in [-0.2, -0.15) is 0 Å². The largest absolute Gasteiger partial charge is 0.489 e. The highest BCUT2D eigenvalue weighted by Gasteiger charge is 2.14. The van der Waals surface area contributed by atoms with E-state index in [1.54, 1.807) is 36.4 Å². The van der Waals surface area contributed by atoms with Crippen LogP contribution in [0, 0.1) is 11.6 Å². The summed E-state index contributed by atoms with van der Waals surface area (Å²) in [6.07, 6.45) is 0. The SMILES string of the molecule is COC(=O)c1cccc(COc2ccc(-c3cc(F)c(F)cc3Cl)cc2)c1Br. The Labute approximate surface area is 174 Å². The predicted molar refractivity (Wildman–Crippen MR) is 107 cm³/mol. The third kappa shape index (κ3) is 4.34. The van der Waals surface area contributed by atoms with Crippen LogP contribution in [0.15, 0.2) is 59.1 Å². The Morgan fingerprint density at radius 1 is 1.07 bits per heavy atom. The van der Waals surface area contributed by atoms with E-state index in [1.807, 2.05) is 6.07 Å². The molecule has 0 N–H and O–H groups in total. The predicted octanol–water partition coefficient (Wildman–Crippen LogP) is 6.41. The number of methoxy groups -OCH3 is 1. The number of hydrogen-bond donors (Lipinski definition) is 0. The van der Waals surface area contributed by atoms with Crippen LogP contribution in [0.2, 0.25) is 5.02 Å². The number of halogens is 4. The van der Waals surface area contributed by atoms with Crippen molar-refractivity contribution in [2.24, 2.45) is 0 Å². The molecule has 3 aromatic carbocycles. The Bertz CT molecular complexity index is 1020. The van der Waals surface area contributed by atoms with Crippen LogP contribution in [0.3, 0.4) is 0 Å². The molecule has 0 radical (unpaired) electrons. The van der Waals surface area contributed by atoms with Crippen molar-refractivity contribution in [1.29, 1.82) is 0 Å². The standard InChI is InChI=1S/C21H14BrClF2O3/c1-27-21(26)15-4-2-3-13(20(15)22)11-28-14-7-5-12(6-8-14)16-9-18(24)19(25)10-17(16)23/h2-10H,11H2,1H3. The summed E-state index contributed by atoms with van der Waals surface area (Å²) in [5, 5.41) is 0.121. The number of hydrogen-bond acceptors (Lipinski definition) is 3. The molecule has 0 unspecified atom stereocenters. The van der Waals surface area contributed by atoms with Crippen molar-refractivity contribution in [3.8, 4) is 16.9 Å². The van der Waals surface area contributed by atoms with E-state index in [0.717, 1.165) is 17.7 Å². The van der Waals surface area contributed by atoms with E-state index in [2.05, 4.69) is 15.9 Å². The summed E-state index contributed by atoms with van der Waals surface area (Å²) in [6.45, 7) is 0.219. The number of ether oxygens (including phenoxy) is 2. The molecule has 28 heavy (non-hydrogen) atoms. The smallest absolute Gasteiger partial charge is 0.339 e. The lowest BCUT2D eigenvalue weighted by Crippen LogP contribution is -2.05. The van der Waals surface area contributed by atoms with Gasteiger partial charge in [0.15, 0.2) is 11.6 Å². The molecule has 0 fully saturated rings. The summed E-state index contributed by atoms with van der Waals surface area (Å²) < 4.78 is 37.8. The van der Waals surface area contributed by atoms with Gasteiger partial charge in [0.2, 0.25) is 0 Å². The molecule has 0 aliphatic carbocycles. The number of carbonyl (C=O) groups is 1. The van der Waals surface area contributed by atoms with Gasteiger partial charge in [-0.3, -0.25) is 0 Å². The van der Waals surface area contributed by atoms with Gasteiger partial charge in [-0.25, -0.2) is 13.6 Å².